The average molecular weight is 258 g/mol. The topological polar surface area (TPSA) is 114 Å². The number of methoxy groups -OCH3 is 2. The second-order valence-corrected chi connectivity index (χ2v) is 4.52. The van der Waals surface area contributed by atoms with Gasteiger partial charge in [0.2, 0.25) is 27.7 Å². The monoisotopic (exact) mass is 258 g/mol. The van der Waals surface area contributed by atoms with Gasteiger partial charge in [-0.15, -0.1) is 0 Å². The van der Waals surface area contributed by atoms with E-state index in [1.165, 1.54) is 26.4 Å². The molecule has 0 radical (unpaired) electrons. The van der Waals surface area contributed by atoms with Crippen LogP contribution in [0.1, 0.15) is 0 Å². The van der Waals surface area contributed by atoms with Crippen LogP contribution in [0, 0.1) is 11.3 Å². The first-order valence-electron chi connectivity index (χ1n) is 4.35. The second-order valence-electron chi connectivity index (χ2n) is 2.80. The van der Waals surface area contributed by atoms with Crippen LogP contribution in [0.4, 0.5) is 5.95 Å². The fourth-order valence-corrected chi connectivity index (χ4v) is 1.53. The molecule has 0 aliphatic rings. The van der Waals surface area contributed by atoms with Crippen molar-refractivity contribution >= 4 is 16.0 Å². The third kappa shape index (κ3) is 3.76. The Morgan fingerprint density at radius 1 is 1.35 bits per heavy atom. The van der Waals surface area contributed by atoms with Gasteiger partial charge in [-0.1, -0.05) is 0 Å². The molecule has 1 heterocycles. The van der Waals surface area contributed by atoms with Crippen LogP contribution in [-0.2, 0) is 10.0 Å². The van der Waals surface area contributed by atoms with Crippen molar-refractivity contribution in [2.75, 3.05) is 24.7 Å². The molecule has 1 aromatic rings. The van der Waals surface area contributed by atoms with Crippen molar-refractivity contribution in [1.82, 2.24) is 9.97 Å². The lowest BCUT2D eigenvalue weighted by atomic mass is 10.6. The molecule has 0 aliphatic heterocycles. The predicted molar refractivity (Wildman–Crippen MR) is 58.2 cm³/mol. The van der Waals surface area contributed by atoms with E-state index in [9.17, 15) is 8.42 Å². The van der Waals surface area contributed by atoms with Gasteiger partial charge in [-0.3, -0.25) is 4.72 Å². The molecule has 0 amide bonds. The van der Waals surface area contributed by atoms with Gasteiger partial charge in [-0.2, -0.15) is 15.2 Å². The van der Waals surface area contributed by atoms with E-state index < -0.39 is 15.8 Å². The molecule has 1 rings (SSSR count). The van der Waals surface area contributed by atoms with Crippen LogP contribution in [-0.4, -0.2) is 38.4 Å². The predicted octanol–water partition coefficient (Wildman–Crippen LogP) is -0.241. The molecular weight excluding hydrogens is 248 g/mol. The van der Waals surface area contributed by atoms with Crippen molar-refractivity contribution in [3.8, 4) is 17.8 Å². The second kappa shape index (κ2) is 5.31. The molecule has 92 valence electrons. The summed E-state index contributed by atoms with van der Waals surface area (Å²) in [6.45, 7) is 0. The van der Waals surface area contributed by atoms with Crippen molar-refractivity contribution in [2.45, 2.75) is 0 Å². The van der Waals surface area contributed by atoms with Crippen molar-refractivity contribution in [3.63, 3.8) is 0 Å². The number of aromatic nitrogens is 2. The third-order valence-corrected chi connectivity index (χ3v) is 2.60. The summed E-state index contributed by atoms with van der Waals surface area (Å²) in [5, 5.41) is 8.32. The first-order valence-corrected chi connectivity index (χ1v) is 6.00. The number of anilines is 1. The first-order chi connectivity index (χ1) is 8.00. The maximum Gasteiger partial charge on any atom is 0.248 e. The largest absolute Gasteiger partial charge is 0.481 e. The Morgan fingerprint density at radius 3 is 2.29 bits per heavy atom. The molecule has 0 spiro atoms. The summed E-state index contributed by atoms with van der Waals surface area (Å²) in [4.78, 5) is 7.51. The van der Waals surface area contributed by atoms with Crippen LogP contribution in [0.2, 0.25) is 0 Å². The molecule has 0 bridgehead atoms. The number of hydrogen-bond donors (Lipinski definition) is 1. The Kier molecular flexibility index (Phi) is 4.06. The summed E-state index contributed by atoms with van der Waals surface area (Å²) in [7, 11) is -1.04. The summed E-state index contributed by atoms with van der Waals surface area (Å²) >= 11 is 0. The number of nitrogens with one attached hydrogen (secondary N) is 1. The van der Waals surface area contributed by atoms with Crippen molar-refractivity contribution in [2.24, 2.45) is 0 Å². The van der Waals surface area contributed by atoms with Crippen molar-refractivity contribution in [1.29, 1.82) is 5.26 Å². The fraction of sp³-hybridized carbons (Fsp3) is 0.375. The first kappa shape index (κ1) is 13.0. The number of rotatable bonds is 5. The Hall–Kier alpha value is -2.08. The summed E-state index contributed by atoms with van der Waals surface area (Å²) in [5.41, 5.74) is 0. The Bertz CT molecular complexity index is 515. The van der Waals surface area contributed by atoms with E-state index in [1.807, 2.05) is 4.72 Å². The number of sulfonamides is 1. The lowest BCUT2D eigenvalue weighted by Crippen LogP contribution is -2.17. The number of nitriles is 1. The molecule has 1 aromatic heterocycles. The highest BCUT2D eigenvalue weighted by molar-refractivity contribution is 7.92. The van der Waals surface area contributed by atoms with Gasteiger partial charge >= 0.3 is 0 Å². The minimum Gasteiger partial charge on any atom is -0.481 e. The number of ether oxygens (including phenoxy) is 2. The minimum atomic E-state index is -3.78. The molecule has 0 atom stereocenters. The third-order valence-electron chi connectivity index (χ3n) is 1.60. The molecule has 0 unspecified atom stereocenters. The zero-order valence-electron chi connectivity index (χ0n) is 9.17. The van der Waals surface area contributed by atoms with E-state index in [4.69, 9.17) is 14.7 Å². The van der Waals surface area contributed by atoms with E-state index in [0.29, 0.717) is 0 Å². The Morgan fingerprint density at radius 2 is 1.88 bits per heavy atom. The Balaban J connectivity index is 3.03. The average Bonchev–Trinajstić information content (AvgIpc) is 2.27. The molecule has 8 nitrogen and oxygen atoms in total. The number of hydrogen-bond acceptors (Lipinski definition) is 7. The molecule has 17 heavy (non-hydrogen) atoms. The van der Waals surface area contributed by atoms with Crippen LogP contribution in [0.25, 0.3) is 0 Å². The van der Waals surface area contributed by atoms with Gasteiger partial charge in [0, 0.05) is 0 Å². The molecule has 0 saturated heterocycles. The van der Waals surface area contributed by atoms with Crippen LogP contribution in [0.3, 0.4) is 0 Å². The summed E-state index contributed by atoms with van der Waals surface area (Å²) < 4.78 is 34.3. The Labute approximate surface area is 98.3 Å². The normalized spacial score (nSPS) is 10.4. The molecule has 0 aliphatic carbocycles. The van der Waals surface area contributed by atoms with E-state index in [0.717, 1.165) is 0 Å². The molecule has 0 fully saturated rings. The maximum absolute atomic E-state index is 11.3. The van der Waals surface area contributed by atoms with Crippen LogP contribution in [0.15, 0.2) is 6.07 Å². The zero-order valence-corrected chi connectivity index (χ0v) is 9.98. The van der Waals surface area contributed by atoms with Gasteiger partial charge in [0.15, 0.2) is 5.75 Å². The molecular formula is C8H10N4O4S. The van der Waals surface area contributed by atoms with Gasteiger partial charge in [0.1, 0.15) is 0 Å². The van der Waals surface area contributed by atoms with E-state index in [2.05, 4.69) is 9.97 Å². The quantitative estimate of drug-likeness (QED) is 0.774. The summed E-state index contributed by atoms with van der Waals surface area (Å²) in [6.07, 6.45) is 0. The zero-order chi connectivity index (χ0) is 12.9. The van der Waals surface area contributed by atoms with Gasteiger partial charge < -0.3 is 9.47 Å². The molecule has 0 saturated carbocycles. The fourth-order valence-electron chi connectivity index (χ4n) is 0.919. The maximum atomic E-state index is 11.3. The highest BCUT2D eigenvalue weighted by atomic mass is 32.2. The van der Waals surface area contributed by atoms with E-state index >= 15 is 0 Å². The minimum absolute atomic E-state index is 0.145. The van der Waals surface area contributed by atoms with Gasteiger partial charge in [-0.05, 0) is 0 Å². The lowest BCUT2D eigenvalue weighted by molar-refractivity contribution is 0.373. The van der Waals surface area contributed by atoms with Crippen LogP contribution in [0.5, 0.6) is 11.8 Å². The van der Waals surface area contributed by atoms with Crippen molar-refractivity contribution < 1.29 is 17.9 Å². The van der Waals surface area contributed by atoms with Crippen LogP contribution >= 0.6 is 0 Å². The van der Waals surface area contributed by atoms with Crippen LogP contribution < -0.4 is 14.2 Å². The highest BCUT2D eigenvalue weighted by Gasteiger charge is 2.13. The smallest absolute Gasteiger partial charge is 0.248 e. The summed E-state index contributed by atoms with van der Waals surface area (Å²) in [5.74, 6) is -0.606. The van der Waals surface area contributed by atoms with Gasteiger partial charge in [0.25, 0.3) is 0 Å². The van der Waals surface area contributed by atoms with Gasteiger partial charge in [0.05, 0.1) is 26.4 Å². The van der Waals surface area contributed by atoms with Crippen molar-refractivity contribution in [3.05, 3.63) is 6.07 Å². The molecule has 1 N–H and O–H groups in total. The van der Waals surface area contributed by atoms with E-state index in [-0.39, 0.29) is 17.7 Å². The standard InChI is InChI=1S/C8H10N4O4S/c1-15-6-5-7(16-2)11-8(10-6)12-17(13,14)4-3-9/h5H,4H2,1-2H3,(H,10,11,12). The molecule has 0 aromatic carbocycles. The SMILES string of the molecule is COc1cc(OC)nc(NS(=O)(=O)CC#N)n1. The van der Waals surface area contributed by atoms with E-state index in [1.54, 1.807) is 0 Å². The lowest BCUT2D eigenvalue weighted by Gasteiger charge is -2.07. The molecule has 9 heteroatoms. The number of nitrogens with zero attached hydrogens (tertiary/aromatic N) is 3. The van der Waals surface area contributed by atoms with Gasteiger partial charge in [-0.25, -0.2) is 8.42 Å². The summed E-state index contributed by atoms with van der Waals surface area (Å²) in [6, 6.07) is 2.91. The highest BCUT2D eigenvalue weighted by Crippen LogP contribution is 2.17.